The van der Waals surface area contributed by atoms with Gasteiger partial charge in [0.1, 0.15) is 5.84 Å². The Hall–Kier alpha value is -4.78. The minimum absolute atomic E-state index is 0.0456. The fraction of sp³-hybridized carbons (Fsp3) is 0.357. The van der Waals surface area contributed by atoms with Gasteiger partial charge in [0.15, 0.2) is 36.3 Å². The summed E-state index contributed by atoms with van der Waals surface area (Å²) in [4.78, 5) is 60.0. The molecule has 218 valence electrons. The number of amidine groups is 1. The van der Waals surface area contributed by atoms with Crippen LogP contribution in [-0.4, -0.2) is 71.3 Å². The van der Waals surface area contributed by atoms with Gasteiger partial charge in [-0.05, 0) is 49.8 Å². The van der Waals surface area contributed by atoms with Gasteiger partial charge in [0.2, 0.25) is 5.91 Å². The lowest BCUT2D eigenvalue weighted by atomic mass is 9.76. The fourth-order valence-electron chi connectivity index (χ4n) is 4.57. The number of carboxylic acids is 2. The summed E-state index contributed by atoms with van der Waals surface area (Å²) in [5.41, 5.74) is 12.8. The highest BCUT2D eigenvalue weighted by atomic mass is 16.5. The summed E-state index contributed by atoms with van der Waals surface area (Å²) in [7, 11) is 0. The summed E-state index contributed by atoms with van der Waals surface area (Å²) in [5.74, 6) is -4.24. The molecule has 0 aliphatic heterocycles. The summed E-state index contributed by atoms with van der Waals surface area (Å²) >= 11 is 0. The molecule has 1 fully saturated rings. The van der Waals surface area contributed by atoms with Crippen molar-refractivity contribution in [2.45, 2.75) is 31.7 Å². The lowest BCUT2D eigenvalue weighted by molar-refractivity contribution is -0.140. The molecule has 0 bridgehead atoms. The predicted octanol–water partition coefficient (Wildman–Crippen LogP) is 1.21. The number of amides is 1. The Morgan fingerprint density at radius 1 is 0.854 bits per heavy atom. The number of rotatable bonds is 14. The topological polar surface area (TPSA) is 232 Å². The molecule has 41 heavy (non-hydrogen) atoms. The number of Topliss-reactive ketones (excluding diaryl/α,β-unsaturated/α-hetero) is 2. The standard InChI is InChI=1S/C28H32N4O9/c29-25(26(38)16-3-5-17(6-4-16)27(30)31)15-1-7-18(8-2-15)28(39)32-12-20(33)19-9-10-21(40-13-23(34)35)22(11-19)41-14-24(36)37/h3-6,9-11,15,18,25H,1-2,7-8,12-14,29H2,(H3,30,31)(H,32,39)(H,34,35)(H,36,37). The number of nitrogens with one attached hydrogen (secondary N) is 2. The third-order valence-electron chi connectivity index (χ3n) is 6.82. The monoisotopic (exact) mass is 568 g/mol. The molecular weight excluding hydrogens is 536 g/mol. The summed E-state index contributed by atoms with van der Waals surface area (Å²) in [6.07, 6.45) is 2.12. The predicted molar refractivity (Wildman–Crippen MR) is 145 cm³/mol. The Bertz CT molecular complexity index is 1320. The third kappa shape index (κ3) is 8.60. The molecule has 13 heteroatoms. The molecule has 8 N–H and O–H groups in total. The van der Waals surface area contributed by atoms with Crippen molar-refractivity contribution >= 4 is 35.2 Å². The average Bonchev–Trinajstić information content (AvgIpc) is 2.96. The van der Waals surface area contributed by atoms with Crippen molar-refractivity contribution in [3.63, 3.8) is 0 Å². The van der Waals surface area contributed by atoms with Crippen molar-refractivity contribution in [2.24, 2.45) is 23.3 Å². The zero-order valence-corrected chi connectivity index (χ0v) is 22.1. The number of nitrogens with two attached hydrogens (primary N) is 2. The molecule has 1 saturated carbocycles. The lowest BCUT2D eigenvalue weighted by Crippen LogP contribution is -2.42. The SMILES string of the molecule is N=C(N)c1ccc(C(=O)C(N)C2CCC(C(=O)NCC(=O)c3ccc(OCC(=O)O)c(OCC(=O)O)c3)CC2)cc1. The molecular formula is C28H32N4O9. The van der Waals surface area contributed by atoms with Crippen LogP contribution in [0.4, 0.5) is 0 Å². The Kier molecular flexibility index (Phi) is 10.5. The Morgan fingerprint density at radius 3 is 1.95 bits per heavy atom. The number of nitrogen functional groups attached to an aromatic ring is 1. The number of ketones is 2. The number of hydrogen-bond donors (Lipinski definition) is 6. The van der Waals surface area contributed by atoms with E-state index in [9.17, 15) is 24.0 Å². The maximum atomic E-state index is 12.8. The van der Waals surface area contributed by atoms with E-state index in [0.717, 1.165) is 0 Å². The van der Waals surface area contributed by atoms with Crippen LogP contribution in [0.25, 0.3) is 0 Å². The van der Waals surface area contributed by atoms with Crippen LogP contribution in [0.2, 0.25) is 0 Å². The van der Waals surface area contributed by atoms with Gasteiger partial charge in [-0.15, -0.1) is 0 Å². The highest BCUT2D eigenvalue weighted by molar-refractivity contribution is 6.02. The quantitative estimate of drug-likeness (QED) is 0.108. The highest BCUT2D eigenvalue weighted by Gasteiger charge is 2.32. The number of carboxylic acid groups (broad SMARTS) is 2. The second kappa shape index (κ2) is 14.0. The number of benzene rings is 2. The molecule has 1 aliphatic rings. The molecule has 13 nitrogen and oxygen atoms in total. The number of carbonyl (C=O) groups is 5. The molecule has 2 aromatic rings. The largest absolute Gasteiger partial charge is 0.479 e. The van der Waals surface area contributed by atoms with Crippen molar-refractivity contribution in [1.82, 2.24) is 5.32 Å². The van der Waals surface area contributed by atoms with E-state index in [2.05, 4.69) is 5.32 Å². The molecule has 3 rings (SSSR count). The summed E-state index contributed by atoms with van der Waals surface area (Å²) in [6.45, 7) is -1.75. The zero-order valence-electron chi connectivity index (χ0n) is 22.1. The van der Waals surface area contributed by atoms with Crippen LogP contribution in [0, 0.1) is 17.2 Å². The molecule has 1 atom stereocenters. The zero-order chi connectivity index (χ0) is 30.1. The van der Waals surface area contributed by atoms with E-state index in [4.69, 9.17) is 36.6 Å². The first-order valence-corrected chi connectivity index (χ1v) is 12.8. The van der Waals surface area contributed by atoms with Gasteiger partial charge in [-0.1, -0.05) is 24.3 Å². The third-order valence-corrected chi connectivity index (χ3v) is 6.82. The molecule has 0 saturated heterocycles. The van der Waals surface area contributed by atoms with Crippen molar-refractivity contribution in [3.8, 4) is 11.5 Å². The second-order valence-electron chi connectivity index (χ2n) is 9.66. The van der Waals surface area contributed by atoms with E-state index in [-0.39, 0.29) is 53.0 Å². The minimum Gasteiger partial charge on any atom is -0.479 e. The van der Waals surface area contributed by atoms with E-state index in [1.807, 2.05) is 0 Å². The van der Waals surface area contributed by atoms with E-state index in [1.54, 1.807) is 24.3 Å². The van der Waals surface area contributed by atoms with Crippen LogP contribution in [0.5, 0.6) is 11.5 Å². The van der Waals surface area contributed by atoms with Crippen LogP contribution in [0.1, 0.15) is 52.0 Å². The molecule has 0 radical (unpaired) electrons. The van der Waals surface area contributed by atoms with Crippen LogP contribution >= 0.6 is 0 Å². The Labute approximate surface area is 235 Å². The van der Waals surface area contributed by atoms with Gasteiger partial charge in [-0.3, -0.25) is 19.8 Å². The summed E-state index contributed by atoms with van der Waals surface area (Å²) in [5, 5.41) is 27.8. The van der Waals surface area contributed by atoms with E-state index in [0.29, 0.717) is 36.8 Å². The van der Waals surface area contributed by atoms with Crippen molar-refractivity contribution in [2.75, 3.05) is 19.8 Å². The van der Waals surface area contributed by atoms with Crippen LogP contribution in [-0.2, 0) is 14.4 Å². The molecule has 0 spiro atoms. The van der Waals surface area contributed by atoms with Crippen molar-refractivity contribution in [1.29, 1.82) is 5.41 Å². The molecule has 1 unspecified atom stereocenters. The Morgan fingerprint density at radius 2 is 1.39 bits per heavy atom. The van der Waals surface area contributed by atoms with Gasteiger partial charge >= 0.3 is 11.9 Å². The smallest absolute Gasteiger partial charge is 0.341 e. The summed E-state index contributed by atoms with van der Waals surface area (Å²) in [6, 6.07) is 9.51. The molecule has 1 amide bonds. The minimum atomic E-state index is -1.28. The van der Waals surface area contributed by atoms with Crippen LogP contribution < -0.4 is 26.3 Å². The molecule has 0 heterocycles. The van der Waals surface area contributed by atoms with Gasteiger partial charge in [0, 0.05) is 22.6 Å². The Balaban J connectivity index is 1.52. The van der Waals surface area contributed by atoms with Gasteiger partial charge in [-0.2, -0.15) is 0 Å². The van der Waals surface area contributed by atoms with Crippen LogP contribution in [0.15, 0.2) is 42.5 Å². The van der Waals surface area contributed by atoms with Gasteiger partial charge in [-0.25, -0.2) is 9.59 Å². The van der Waals surface area contributed by atoms with Crippen molar-refractivity contribution < 1.29 is 43.7 Å². The first kappa shape index (κ1) is 30.8. The normalized spacial score (nSPS) is 17.1. The van der Waals surface area contributed by atoms with Gasteiger partial charge in [0.05, 0.1) is 12.6 Å². The second-order valence-corrected chi connectivity index (χ2v) is 9.66. The summed E-state index contributed by atoms with van der Waals surface area (Å²) < 4.78 is 10.2. The average molecular weight is 569 g/mol. The van der Waals surface area contributed by atoms with E-state index < -0.39 is 37.0 Å². The number of carbonyl (C=O) groups excluding carboxylic acids is 3. The molecule has 0 aromatic heterocycles. The fourth-order valence-corrected chi connectivity index (χ4v) is 4.57. The van der Waals surface area contributed by atoms with E-state index >= 15 is 0 Å². The molecule has 2 aromatic carbocycles. The highest BCUT2D eigenvalue weighted by Crippen LogP contribution is 2.32. The molecule has 1 aliphatic carbocycles. The number of hydrogen-bond acceptors (Lipinski definition) is 9. The first-order chi connectivity index (χ1) is 19.5. The van der Waals surface area contributed by atoms with E-state index in [1.165, 1.54) is 18.2 Å². The maximum absolute atomic E-state index is 12.8. The number of ether oxygens (including phenoxy) is 2. The maximum Gasteiger partial charge on any atom is 0.341 e. The lowest BCUT2D eigenvalue weighted by Gasteiger charge is -2.31. The van der Waals surface area contributed by atoms with Crippen LogP contribution in [0.3, 0.4) is 0 Å². The number of aliphatic carboxylic acids is 2. The van der Waals surface area contributed by atoms with Crippen molar-refractivity contribution in [3.05, 3.63) is 59.2 Å². The van der Waals surface area contributed by atoms with Gasteiger partial charge in [0.25, 0.3) is 0 Å². The first-order valence-electron chi connectivity index (χ1n) is 12.8. The van der Waals surface area contributed by atoms with Gasteiger partial charge < -0.3 is 36.5 Å².